The minimum atomic E-state index is -0.394. The molecule has 32 heavy (non-hydrogen) atoms. The van der Waals surface area contributed by atoms with E-state index in [2.05, 4.69) is 19.7 Å². The summed E-state index contributed by atoms with van der Waals surface area (Å²) in [5.74, 6) is 0.653. The molecular formula is C24H27ClN4O2S. The summed E-state index contributed by atoms with van der Waals surface area (Å²) in [6.07, 6.45) is 4.45. The van der Waals surface area contributed by atoms with Gasteiger partial charge in [-0.15, -0.1) is 10.2 Å². The summed E-state index contributed by atoms with van der Waals surface area (Å²) in [7, 11) is 0. The van der Waals surface area contributed by atoms with Gasteiger partial charge in [0.05, 0.1) is 16.0 Å². The molecule has 0 saturated heterocycles. The Bertz CT molecular complexity index is 1180. The monoisotopic (exact) mass is 470 g/mol. The van der Waals surface area contributed by atoms with Gasteiger partial charge in [-0.3, -0.25) is 14.2 Å². The van der Waals surface area contributed by atoms with Gasteiger partial charge < -0.3 is 4.98 Å². The lowest BCUT2D eigenvalue weighted by Crippen LogP contribution is -2.17. The Morgan fingerprint density at radius 1 is 1.19 bits per heavy atom. The van der Waals surface area contributed by atoms with Crippen LogP contribution in [0, 0.1) is 13.8 Å². The molecule has 0 spiro atoms. The van der Waals surface area contributed by atoms with E-state index in [4.69, 9.17) is 11.6 Å². The lowest BCUT2D eigenvalue weighted by molar-refractivity contribution is 0.0988. The van der Waals surface area contributed by atoms with Crippen molar-refractivity contribution in [2.75, 3.05) is 0 Å². The van der Waals surface area contributed by atoms with Crippen LogP contribution in [-0.4, -0.2) is 36.6 Å². The number of hydrogen-bond donors (Lipinski definition) is 1. The van der Waals surface area contributed by atoms with Crippen LogP contribution in [-0.2, 0) is 0 Å². The number of Topliss-reactive ketones (excluding diaryl/α,β-unsaturated/α-hetero) is 2. The number of halogens is 1. The second kappa shape index (κ2) is 9.24. The third-order valence-electron chi connectivity index (χ3n) is 6.16. The minimum absolute atomic E-state index is 0.0408. The third-order valence-corrected chi connectivity index (χ3v) is 7.54. The van der Waals surface area contributed by atoms with E-state index < -0.39 is 5.25 Å². The molecule has 1 atom stereocenters. The Kier molecular flexibility index (Phi) is 6.58. The first-order valence-corrected chi connectivity index (χ1v) is 12.2. The van der Waals surface area contributed by atoms with Gasteiger partial charge in [-0.05, 0) is 58.2 Å². The van der Waals surface area contributed by atoms with Crippen LogP contribution in [0.4, 0.5) is 0 Å². The zero-order valence-electron chi connectivity index (χ0n) is 18.7. The topological polar surface area (TPSA) is 80.6 Å². The van der Waals surface area contributed by atoms with Crippen LogP contribution >= 0.6 is 23.4 Å². The SMILES string of the molecule is CC(=O)c1c(C)[nH]c(C(=O)[C@@H](C)Sc2nnc(-c3ccccc3Cl)n2C2CCCC2)c1C. The second-order valence-corrected chi connectivity index (χ2v) is 10.1. The van der Waals surface area contributed by atoms with Gasteiger partial charge in [-0.2, -0.15) is 0 Å². The molecule has 6 nitrogen and oxygen atoms in total. The number of nitrogens with one attached hydrogen (secondary N) is 1. The molecule has 168 valence electrons. The molecule has 1 fully saturated rings. The lowest BCUT2D eigenvalue weighted by Gasteiger charge is -2.18. The Balaban J connectivity index is 1.67. The lowest BCUT2D eigenvalue weighted by atomic mass is 10.0. The molecule has 3 aromatic rings. The summed E-state index contributed by atoms with van der Waals surface area (Å²) < 4.78 is 2.16. The van der Waals surface area contributed by atoms with E-state index in [9.17, 15) is 9.59 Å². The molecule has 2 aromatic heterocycles. The quantitative estimate of drug-likeness (QED) is 0.327. The van der Waals surface area contributed by atoms with Crippen molar-refractivity contribution in [3.05, 3.63) is 51.8 Å². The van der Waals surface area contributed by atoms with Crippen molar-refractivity contribution in [3.8, 4) is 11.4 Å². The summed E-state index contributed by atoms with van der Waals surface area (Å²) in [4.78, 5) is 28.4. The van der Waals surface area contributed by atoms with Crippen molar-refractivity contribution in [2.45, 2.75) is 69.8 Å². The standard InChI is InChI=1S/C24H27ClN4O2S/c1-13-20(15(3)30)14(2)26-21(13)22(31)16(4)32-24-28-27-23(18-11-7-8-12-19(18)25)29(24)17-9-5-6-10-17/h7-8,11-12,16-17,26H,5-6,9-10H2,1-4H3/t16-/m1/s1. The predicted molar refractivity (Wildman–Crippen MR) is 128 cm³/mol. The van der Waals surface area contributed by atoms with Gasteiger partial charge in [0.2, 0.25) is 0 Å². The average molecular weight is 471 g/mol. The highest BCUT2D eigenvalue weighted by atomic mass is 35.5. The first kappa shape index (κ1) is 22.8. The largest absolute Gasteiger partial charge is 0.355 e. The molecule has 0 bridgehead atoms. The maximum Gasteiger partial charge on any atom is 0.192 e. The number of aromatic nitrogens is 4. The molecule has 0 amide bonds. The van der Waals surface area contributed by atoms with Crippen molar-refractivity contribution in [2.24, 2.45) is 0 Å². The third kappa shape index (κ3) is 4.16. The smallest absolute Gasteiger partial charge is 0.192 e. The van der Waals surface area contributed by atoms with E-state index in [1.807, 2.05) is 45.0 Å². The van der Waals surface area contributed by atoms with E-state index >= 15 is 0 Å². The number of H-pyrrole nitrogens is 1. The van der Waals surface area contributed by atoms with Crippen LogP contribution < -0.4 is 0 Å². The van der Waals surface area contributed by atoms with E-state index in [1.54, 1.807) is 0 Å². The molecule has 0 radical (unpaired) electrons. The van der Waals surface area contributed by atoms with E-state index in [0.717, 1.165) is 47.9 Å². The number of ketones is 2. The zero-order chi connectivity index (χ0) is 23.0. The van der Waals surface area contributed by atoms with Crippen molar-refractivity contribution in [1.29, 1.82) is 0 Å². The van der Waals surface area contributed by atoms with Crippen LogP contribution in [0.15, 0.2) is 29.4 Å². The summed E-state index contributed by atoms with van der Waals surface area (Å²) in [6.45, 7) is 7.04. The molecule has 1 saturated carbocycles. The molecule has 1 aromatic carbocycles. The Morgan fingerprint density at radius 2 is 1.88 bits per heavy atom. The number of thioether (sulfide) groups is 1. The number of aromatic amines is 1. The highest BCUT2D eigenvalue weighted by Crippen LogP contribution is 2.39. The number of hydrogen-bond acceptors (Lipinski definition) is 5. The molecular weight excluding hydrogens is 444 g/mol. The van der Waals surface area contributed by atoms with Crippen LogP contribution in [0.5, 0.6) is 0 Å². The predicted octanol–water partition coefficient (Wildman–Crippen LogP) is 6.22. The highest BCUT2D eigenvalue weighted by Gasteiger charge is 2.29. The van der Waals surface area contributed by atoms with Crippen molar-refractivity contribution in [3.63, 3.8) is 0 Å². The Hall–Kier alpha value is -2.38. The molecule has 2 heterocycles. The fourth-order valence-corrected chi connectivity index (χ4v) is 5.81. The summed E-state index contributed by atoms with van der Waals surface area (Å²) in [5.41, 5.74) is 3.38. The van der Waals surface area contributed by atoms with Crippen LogP contribution in [0.1, 0.15) is 77.7 Å². The van der Waals surface area contributed by atoms with E-state index in [1.165, 1.54) is 18.7 Å². The van der Waals surface area contributed by atoms with Crippen molar-refractivity contribution < 1.29 is 9.59 Å². The summed E-state index contributed by atoms with van der Waals surface area (Å²) >= 11 is 7.87. The number of carbonyl (C=O) groups excluding carboxylic acids is 2. The van der Waals surface area contributed by atoms with Gasteiger partial charge in [0, 0.05) is 22.9 Å². The van der Waals surface area contributed by atoms with Gasteiger partial charge in [-0.1, -0.05) is 48.3 Å². The second-order valence-electron chi connectivity index (χ2n) is 8.40. The maximum atomic E-state index is 13.3. The van der Waals surface area contributed by atoms with Crippen molar-refractivity contribution in [1.82, 2.24) is 19.7 Å². The fraction of sp³-hybridized carbons (Fsp3) is 0.417. The Labute approximate surface area is 197 Å². The summed E-state index contributed by atoms with van der Waals surface area (Å²) in [5, 5.41) is 9.91. The molecule has 1 aliphatic carbocycles. The number of nitrogens with zero attached hydrogens (tertiary/aromatic N) is 3. The number of carbonyl (C=O) groups is 2. The first-order valence-electron chi connectivity index (χ1n) is 10.9. The zero-order valence-corrected chi connectivity index (χ0v) is 20.3. The molecule has 4 rings (SSSR count). The van der Waals surface area contributed by atoms with Gasteiger partial charge in [0.25, 0.3) is 0 Å². The maximum absolute atomic E-state index is 13.3. The number of aryl methyl sites for hydroxylation is 1. The average Bonchev–Trinajstić information content (AvgIpc) is 3.47. The Morgan fingerprint density at radius 3 is 2.50 bits per heavy atom. The van der Waals surface area contributed by atoms with E-state index in [0.29, 0.717) is 27.9 Å². The normalized spacial score (nSPS) is 15.3. The van der Waals surface area contributed by atoms with Gasteiger partial charge in [-0.25, -0.2) is 0 Å². The molecule has 8 heteroatoms. The van der Waals surface area contributed by atoms with E-state index in [-0.39, 0.29) is 11.6 Å². The van der Waals surface area contributed by atoms with Gasteiger partial charge >= 0.3 is 0 Å². The van der Waals surface area contributed by atoms with Crippen LogP contribution in [0.25, 0.3) is 11.4 Å². The number of rotatable bonds is 7. The van der Waals surface area contributed by atoms with Gasteiger partial charge in [0.1, 0.15) is 0 Å². The molecule has 0 unspecified atom stereocenters. The van der Waals surface area contributed by atoms with Crippen molar-refractivity contribution >= 4 is 34.9 Å². The highest BCUT2D eigenvalue weighted by molar-refractivity contribution is 8.00. The molecule has 0 aliphatic heterocycles. The van der Waals surface area contributed by atoms with Crippen LogP contribution in [0.2, 0.25) is 5.02 Å². The molecule has 1 aliphatic rings. The fourth-order valence-electron chi connectivity index (χ4n) is 4.61. The first-order chi connectivity index (χ1) is 15.3. The van der Waals surface area contributed by atoms with Crippen LogP contribution in [0.3, 0.4) is 0 Å². The summed E-state index contributed by atoms with van der Waals surface area (Å²) in [6, 6.07) is 7.94. The van der Waals surface area contributed by atoms with Gasteiger partial charge in [0.15, 0.2) is 22.5 Å². The molecule has 1 N–H and O–H groups in total. The minimum Gasteiger partial charge on any atom is -0.355 e. The number of benzene rings is 1.